The Hall–Kier alpha value is -1.70. The van der Waals surface area contributed by atoms with Gasteiger partial charge in [-0.15, -0.1) is 0 Å². The molecule has 0 amide bonds. The first kappa shape index (κ1) is 69.3. The second kappa shape index (κ2) is 65.9. The number of carbonyl (C=O) groups excluding carboxylic acids is 3. The fourth-order valence-electron chi connectivity index (χ4n) is 7.02. The fourth-order valence-corrected chi connectivity index (χ4v) is 7.02. The fraction of sp³-hybridized carbons (Fsp3) is 0.833. The van der Waals surface area contributed by atoms with Crippen molar-refractivity contribution in [2.75, 3.05) is 0 Å². The molecular weight excluding hydrogens is 808 g/mol. The van der Waals surface area contributed by atoms with Gasteiger partial charge in [0.1, 0.15) is 0 Å². The Morgan fingerprint density at radius 1 is 0.274 bits per heavy atom. The Bertz CT molecular complexity index is 830. The number of carboxylic acid groups (broad SMARTS) is 3. The molecule has 8 heteroatoms. The van der Waals surface area contributed by atoms with Crippen LogP contribution in [0.5, 0.6) is 0 Å². The first-order valence-electron chi connectivity index (χ1n) is 25.9. The van der Waals surface area contributed by atoms with Crippen LogP contribution in [0.1, 0.15) is 290 Å². The van der Waals surface area contributed by atoms with Gasteiger partial charge in [-0.05, 0) is 116 Å². The summed E-state index contributed by atoms with van der Waals surface area (Å²) in [6.07, 6.45) is 62.7. The van der Waals surface area contributed by atoms with Gasteiger partial charge in [0.2, 0.25) is 0 Å². The van der Waals surface area contributed by atoms with Crippen LogP contribution in [0.15, 0.2) is 36.5 Å². The molecule has 363 valence electrons. The molecule has 62 heavy (non-hydrogen) atoms. The van der Waals surface area contributed by atoms with Crippen molar-refractivity contribution in [3.8, 4) is 0 Å². The smallest absolute Gasteiger partial charge is 0.550 e. The van der Waals surface area contributed by atoms with Gasteiger partial charge in [0.05, 0.1) is 0 Å². The third-order valence-electron chi connectivity index (χ3n) is 10.9. The maximum atomic E-state index is 10.2. The largest absolute Gasteiger partial charge is 3.00 e. The van der Waals surface area contributed by atoms with Crippen LogP contribution in [0.2, 0.25) is 0 Å². The molecule has 0 aliphatic carbocycles. The van der Waals surface area contributed by atoms with E-state index < -0.39 is 17.9 Å². The predicted molar refractivity (Wildman–Crippen MR) is 257 cm³/mol. The van der Waals surface area contributed by atoms with E-state index in [1.807, 2.05) is 0 Å². The molecule has 0 aliphatic rings. The van der Waals surface area contributed by atoms with Gasteiger partial charge >= 0.3 is 21.7 Å². The van der Waals surface area contributed by atoms with Gasteiger partial charge < -0.3 is 35.2 Å². The average molecular weight is 910 g/mol. The van der Waals surface area contributed by atoms with Crippen LogP contribution in [0.25, 0.3) is 0 Å². The van der Waals surface area contributed by atoms with Crippen LogP contribution >= 0.6 is 0 Å². The topological polar surface area (TPSA) is 152 Å². The standard InChI is InChI=1S/3C18H34O2.H2O.Ti/c3*1-2-3-4-5-6-7-8-9-10-11-12-13-14-15-16-17-18(19)20;;/h3*9-10H,2-8,11-17H2,1H3,(H,19,20);1H2;/q;;;;+3/p-3/b3*10-9-;;. The molecule has 0 unspecified atom stereocenters. The number of aliphatic carboxylic acids is 3. The van der Waals surface area contributed by atoms with Crippen LogP contribution < -0.4 is 15.3 Å². The van der Waals surface area contributed by atoms with Gasteiger partial charge in [-0.1, -0.05) is 211 Å². The summed E-state index contributed by atoms with van der Waals surface area (Å²) in [5.41, 5.74) is 0. The molecule has 0 heterocycles. The third-order valence-corrected chi connectivity index (χ3v) is 10.9. The monoisotopic (exact) mass is 910 g/mol. The third kappa shape index (κ3) is 78.8. The number of hydrogen-bond donors (Lipinski definition) is 0. The molecular formula is C54H101O7Ti. The van der Waals surface area contributed by atoms with Crippen molar-refractivity contribution in [3.05, 3.63) is 36.5 Å². The van der Waals surface area contributed by atoms with Crippen molar-refractivity contribution in [2.24, 2.45) is 0 Å². The molecule has 0 aromatic heterocycles. The summed E-state index contributed by atoms with van der Waals surface area (Å²) in [6, 6.07) is 0. The molecule has 7 nitrogen and oxygen atoms in total. The quantitative estimate of drug-likeness (QED) is 0.0337. The second-order valence-electron chi connectivity index (χ2n) is 17.1. The van der Waals surface area contributed by atoms with Gasteiger partial charge in [0.25, 0.3) is 0 Å². The van der Waals surface area contributed by atoms with Gasteiger partial charge in [-0.2, -0.15) is 0 Å². The van der Waals surface area contributed by atoms with Gasteiger partial charge in [0.15, 0.2) is 0 Å². The number of hydrogen-bond acceptors (Lipinski definition) is 6. The summed E-state index contributed by atoms with van der Waals surface area (Å²) in [6.45, 7) is 6.77. The Morgan fingerprint density at radius 3 is 0.581 bits per heavy atom. The van der Waals surface area contributed by atoms with E-state index in [1.54, 1.807) is 0 Å². The first-order chi connectivity index (χ1) is 29.3. The molecule has 0 aliphatic heterocycles. The zero-order valence-corrected chi connectivity index (χ0v) is 42.7. The molecule has 0 spiro atoms. The summed E-state index contributed by atoms with van der Waals surface area (Å²) in [5.74, 6) is -2.74. The maximum absolute atomic E-state index is 10.2. The summed E-state index contributed by atoms with van der Waals surface area (Å²) in [7, 11) is 0. The zero-order chi connectivity index (χ0) is 44.7. The van der Waals surface area contributed by atoms with Crippen molar-refractivity contribution in [1.29, 1.82) is 0 Å². The summed E-state index contributed by atoms with van der Waals surface area (Å²) in [4.78, 5) is 30.6. The van der Waals surface area contributed by atoms with E-state index >= 15 is 0 Å². The molecule has 0 aromatic rings. The van der Waals surface area contributed by atoms with Crippen LogP contribution in [0.3, 0.4) is 0 Å². The van der Waals surface area contributed by atoms with Gasteiger partial charge in [0, 0.05) is 17.9 Å². The molecule has 0 bridgehead atoms. The Morgan fingerprint density at radius 2 is 0.419 bits per heavy atom. The number of carboxylic acids is 3. The van der Waals surface area contributed by atoms with Crippen LogP contribution in [0, 0.1) is 0 Å². The van der Waals surface area contributed by atoms with E-state index in [4.69, 9.17) is 0 Å². The van der Waals surface area contributed by atoms with E-state index in [0.717, 1.165) is 57.8 Å². The average Bonchev–Trinajstić information content (AvgIpc) is 3.22. The molecule has 0 atom stereocenters. The van der Waals surface area contributed by atoms with Crippen molar-refractivity contribution >= 4 is 17.9 Å². The van der Waals surface area contributed by atoms with E-state index in [2.05, 4.69) is 57.2 Å². The number of carbonyl (C=O) groups is 3. The minimum Gasteiger partial charge on any atom is -0.550 e. The Labute approximate surface area is 399 Å². The summed E-state index contributed by atoms with van der Waals surface area (Å²) in [5, 5.41) is 30.6. The zero-order valence-electron chi connectivity index (χ0n) is 41.1. The molecule has 2 N–H and O–H groups in total. The number of unbranched alkanes of at least 4 members (excludes halogenated alkanes) is 33. The van der Waals surface area contributed by atoms with E-state index in [-0.39, 0.29) is 46.5 Å². The van der Waals surface area contributed by atoms with E-state index in [0.29, 0.717) is 0 Å². The second-order valence-corrected chi connectivity index (χ2v) is 17.1. The van der Waals surface area contributed by atoms with Gasteiger partial charge in [-0.3, -0.25) is 0 Å². The van der Waals surface area contributed by atoms with Crippen molar-refractivity contribution < 1.29 is 56.9 Å². The van der Waals surface area contributed by atoms with Gasteiger partial charge in [-0.25, -0.2) is 0 Å². The van der Waals surface area contributed by atoms with Crippen LogP contribution in [0.4, 0.5) is 0 Å². The Kier molecular flexibility index (Phi) is 73.7. The Balaban J connectivity index is -0.000000258. The predicted octanol–water partition coefficient (Wildman–Crippen LogP) is 13.5. The number of allylic oxidation sites excluding steroid dienone is 6. The van der Waals surface area contributed by atoms with Crippen molar-refractivity contribution in [3.63, 3.8) is 0 Å². The minimum absolute atomic E-state index is 0. The molecule has 1 radical (unpaired) electrons. The molecule has 0 rings (SSSR count). The number of rotatable bonds is 45. The SMILES string of the molecule is CCCCCCCC/C=C\CCCCCCCC(=O)[O-].CCCCCCCC/C=C\CCCCCCCC(=O)[O-].CCCCCCCC/C=C\CCCCCCCC(=O)[O-].O.[Ti+3]. The van der Waals surface area contributed by atoms with Crippen LogP contribution in [-0.4, -0.2) is 23.4 Å². The van der Waals surface area contributed by atoms with Crippen molar-refractivity contribution in [2.45, 2.75) is 290 Å². The summed E-state index contributed by atoms with van der Waals surface area (Å²) >= 11 is 0. The van der Waals surface area contributed by atoms with E-state index in [9.17, 15) is 29.7 Å². The molecule has 0 saturated heterocycles. The van der Waals surface area contributed by atoms with E-state index in [1.165, 1.54) is 193 Å². The molecule has 0 fully saturated rings. The summed E-state index contributed by atoms with van der Waals surface area (Å²) < 4.78 is 0. The maximum Gasteiger partial charge on any atom is 3.00 e. The first-order valence-corrected chi connectivity index (χ1v) is 25.9. The normalized spacial score (nSPS) is 10.9. The van der Waals surface area contributed by atoms with Crippen LogP contribution in [-0.2, 0) is 36.1 Å². The molecule has 0 aromatic carbocycles. The van der Waals surface area contributed by atoms with Crippen molar-refractivity contribution in [1.82, 2.24) is 0 Å². The molecule has 0 saturated carbocycles. The minimum atomic E-state index is -0.914.